The highest BCUT2D eigenvalue weighted by atomic mass is 16.2. The molecule has 5 nitrogen and oxygen atoms in total. The molecule has 2 aliphatic rings. The highest BCUT2D eigenvalue weighted by Crippen LogP contribution is 2.29. The Morgan fingerprint density at radius 3 is 2.37 bits per heavy atom. The second kappa shape index (κ2) is 8.07. The van der Waals surface area contributed by atoms with Crippen LogP contribution >= 0.6 is 0 Å². The normalized spacial score (nSPS) is 18.2. The summed E-state index contributed by atoms with van der Waals surface area (Å²) >= 11 is 0. The van der Waals surface area contributed by atoms with Crippen LogP contribution in [-0.2, 0) is 11.2 Å². The highest BCUT2D eigenvalue weighted by Gasteiger charge is 2.30. The molecule has 0 spiro atoms. The molecule has 2 aromatic rings. The Labute approximate surface area is 161 Å². The summed E-state index contributed by atoms with van der Waals surface area (Å²) in [7, 11) is 0. The Morgan fingerprint density at radius 1 is 1.07 bits per heavy atom. The van der Waals surface area contributed by atoms with Gasteiger partial charge in [-0.25, -0.2) is 9.97 Å². The molecule has 1 aromatic heterocycles. The molecule has 1 saturated carbocycles. The van der Waals surface area contributed by atoms with E-state index in [1.54, 1.807) is 0 Å². The summed E-state index contributed by atoms with van der Waals surface area (Å²) in [5.41, 5.74) is 3.39. The summed E-state index contributed by atoms with van der Waals surface area (Å²) < 4.78 is 0. The predicted molar refractivity (Wildman–Crippen MR) is 108 cm³/mol. The highest BCUT2D eigenvalue weighted by molar-refractivity contribution is 5.81. The lowest BCUT2D eigenvalue weighted by Crippen LogP contribution is -2.35. The molecular weight excluding hydrogens is 336 g/mol. The summed E-state index contributed by atoms with van der Waals surface area (Å²) in [4.78, 5) is 23.3. The predicted octanol–water partition coefficient (Wildman–Crippen LogP) is 3.59. The fraction of sp³-hybridized carbons (Fsp3) is 0.500. The van der Waals surface area contributed by atoms with Crippen molar-refractivity contribution in [2.24, 2.45) is 5.92 Å². The number of benzene rings is 1. The number of amides is 1. The van der Waals surface area contributed by atoms with Gasteiger partial charge in [-0.1, -0.05) is 24.3 Å². The van der Waals surface area contributed by atoms with Crippen LogP contribution in [0.4, 0.5) is 5.95 Å². The number of nitrogens with zero attached hydrogens (tertiary/aromatic N) is 3. The van der Waals surface area contributed by atoms with Crippen LogP contribution in [0.5, 0.6) is 0 Å². The van der Waals surface area contributed by atoms with Crippen molar-refractivity contribution in [3.8, 4) is 11.1 Å². The van der Waals surface area contributed by atoms with E-state index < -0.39 is 0 Å². The summed E-state index contributed by atoms with van der Waals surface area (Å²) in [6.45, 7) is 4.19. The van der Waals surface area contributed by atoms with E-state index in [2.05, 4.69) is 51.4 Å². The van der Waals surface area contributed by atoms with Gasteiger partial charge in [0.1, 0.15) is 0 Å². The number of anilines is 1. The van der Waals surface area contributed by atoms with Gasteiger partial charge in [-0.2, -0.15) is 0 Å². The van der Waals surface area contributed by atoms with Crippen LogP contribution in [-0.4, -0.2) is 35.0 Å². The van der Waals surface area contributed by atoms with E-state index in [4.69, 9.17) is 0 Å². The topological polar surface area (TPSA) is 58.1 Å². The van der Waals surface area contributed by atoms with Gasteiger partial charge in [0.2, 0.25) is 11.9 Å². The fourth-order valence-corrected chi connectivity index (χ4v) is 3.67. The van der Waals surface area contributed by atoms with Crippen molar-refractivity contribution in [1.82, 2.24) is 15.3 Å². The number of hydrogen-bond donors (Lipinski definition) is 1. The van der Waals surface area contributed by atoms with Crippen LogP contribution in [0.2, 0.25) is 0 Å². The monoisotopic (exact) mass is 364 g/mol. The average molecular weight is 364 g/mol. The van der Waals surface area contributed by atoms with Crippen molar-refractivity contribution < 1.29 is 4.79 Å². The van der Waals surface area contributed by atoms with Crippen LogP contribution in [0.1, 0.15) is 44.6 Å². The standard InChI is InChI=1S/C22H28N4O/c1-16(25-21(27)19-9-10-19)13-17-5-7-18(8-6-17)20-14-23-22(24-15-20)26-11-3-2-4-12-26/h5-8,14-16,19H,2-4,9-13H2,1H3,(H,25,27). The number of rotatable bonds is 6. The Balaban J connectivity index is 1.35. The summed E-state index contributed by atoms with van der Waals surface area (Å²) in [5.74, 6) is 1.32. The van der Waals surface area contributed by atoms with Crippen molar-refractivity contribution >= 4 is 11.9 Å². The van der Waals surface area contributed by atoms with E-state index in [9.17, 15) is 4.79 Å². The fourth-order valence-electron chi connectivity index (χ4n) is 3.67. The number of nitrogens with one attached hydrogen (secondary N) is 1. The third kappa shape index (κ3) is 4.65. The maximum Gasteiger partial charge on any atom is 0.225 e. The van der Waals surface area contributed by atoms with Crippen LogP contribution in [0, 0.1) is 5.92 Å². The van der Waals surface area contributed by atoms with Gasteiger partial charge in [-0.3, -0.25) is 4.79 Å². The zero-order valence-electron chi connectivity index (χ0n) is 16.0. The SMILES string of the molecule is CC(Cc1ccc(-c2cnc(N3CCCCC3)nc2)cc1)NC(=O)C1CC1. The molecule has 1 aromatic carbocycles. The van der Waals surface area contributed by atoms with Crippen LogP contribution in [0.15, 0.2) is 36.7 Å². The quantitative estimate of drug-likeness (QED) is 0.851. The number of aromatic nitrogens is 2. The molecule has 5 heteroatoms. The first-order valence-electron chi connectivity index (χ1n) is 10.2. The minimum Gasteiger partial charge on any atom is -0.353 e. The lowest BCUT2D eigenvalue weighted by molar-refractivity contribution is -0.122. The molecule has 27 heavy (non-hydrogen) atoms. The summed E-state index contributed by atoms with van der Waals surface area (Å²) in [6.07, 6.45) is 10.6. The van der Waals surface area contributed by atoms with Crippen LogP contribution in [0.3, 0.4) is 0 Å². The van der Waals surface area contributed by atoms with Gasteiger partial charge in [0.25, 0.3) is 0 Å². The molecule has 1 amide bonds. The summed E-state index contributed by atoms with van der Waals surface area (Å²) in [6, 6.07) is 8.66. The Bertz CT molecular complexity index is 762. The number of piperidine rings is 1. The molecule has 4 rings (SSSR count). The van der Waals surface area contributed by atoms with Gasteiger partial charge in [0, 0.05) is 43.0 Å². The Morgan fingerprint density at radius 2 is 1.74 bits per heavy atom. The molecule has 1 saturated heterocycles. The van der Waals surface area contributed by atoms with E-state index >= 15 is 0 Å². The van der Waals surface area contributed by atoms with E-state index in [1.807, 2.05) is 12.4 Å². The van der Waals surface area contributed by atoms with Gasteiger partial charge in [0.15, 0.2) is 0 Å². The third-order valence-corrected chi connectivity index (χ3v) is 5.44. The molecule has 1 N–H and O–H groups in total. The van der Waals surface area contributed by atoms with Gasteiger partial charge in [-0.15, -0.1) is 0 Å². The number of carbonyl (C=O) groups excluding carboxylic acids is 1. The summed E-state index contributed by atoms with van der Waals surface area (Å²) in [5, 5.41) is 3.11. The molecule has 1 aliphatic heterocycles. The maximum atomic E-state index is 11.9. The first-order chi connectivity index (χ1) is 13.2. The van der Waals surface area contributed by atoms with Gasteiger partial charge in [-0.05, 0) is 56.6 Å². The zero-order valence-corrected chi connectivity index (χ0v) is 16.0. The molecule has 0 radical (unpaired) electrons. The second-order valence-electron chi connectivity index (χ2n) is 7.90. The lowest BCUT2D eigenvalue weighted by Gasteiger charge is -2.26. The first kappa shape index (κ1) is 18.0. The van der Waals surface area contributed by atoms with E-state index in [-0.39, 0.29) is 17.9 Å². The number of hydrogen-bond acceptors (Lipinski definition) is 4. The Hall–Kier alpha value is -2.43. The van der Waals surface area contributed by atoms with Crippen molar-refractivity contribution in [3.63, 3.8) is 0 Å². The van der Waals surface area contributed by atoms with Gasteiger partial charge in [0.05, 0.1) is 0 Å². The minimum atomic E-state index is 0.163. The van der Waals surface area contributed by atoms with Crippen LogP contribution < -0.4 is 10.2 Å². The van der Waals surface area contributed by atoms with Gasteiger partial charge >= 0.3 is 0 Å². The zero-order chi connectivity index (χ0) is 18.6. The third-order valence-electron chi connectivity index (χ3n) is 5.44. The largest absolute Gasteiger partial charge is 0.353 e. The molecule has 142 valence electrons. The molecule has 2 fully saturated rings. The van der Waals surface area contributed by atoms with Gasteiger partial charge < -0.3 is 10.2 Å². The maximum absolute atomic E-state index is 11.9. The average Bonchev–Trinajstić information content (AvgIpc) is 3.55. The minimum absolute atomic E-state index is 0.163. The van der Waals surface area contributed by atoms with E-state index in [0.717, 1.165) is 49.4 Å². The second-order valence-corrected chi connectivity index (χ2v) is 7.90. The number of carbonyl (C=O) groups is 1. The van der Waals surface area contributed by atoms with Crippen molar-refractivity contribution in [3.05, 3.63) is 42.2 Å². The van der Waals surface area contributed by atoms with E-state index in [0.29, 0.717) is 0 Å². The van der Waals surface area contributed by atoms with Crippen molar-refractivity contribution in [1.29, 1.82) is 0 Å². The molecule has 0 bridgehead atoms. The van der Waals surface area contributed by atoms with Crippen LogP contribution in [0.25, 0.3) is 11.1 Å². The molecule has 1 atom stereocenters. The smallest absolute Gasteiger partial charge is 0.225 e. The van der Waals surface area contributed by atoms with E-state index in [1.165, 1.54) is 24.8 Å². The molecule has 2 heterocycles. The molecule has 1 aliphatic carbocycles. The molecule has 1 unspecified atom stereocenters. The van der Waals surface area contributed by atoms with Crippen molar-refractivity contribution in [2.75, 3.05) is 18.0 Å². The molecular formula is C22H28N4O. The lowest BCUT2D eigenvalue weighted by atomic mass is 10.0. The Kier molecular flexibility index (Phi) is 5.37. The van der Waals surface area contributed by atoms with Crippen molar-refractivity contribution in [2.45, 2.75) is 51.5 Å². The first-order valence-corrected chi connectivity index (χ1v) is 10.2.